The number of hydrogen-bond acceptors (Lipinski definition) is 8. The molecule has 1 unspecified atom stereocenters. The van der Waals surface area contributed by atoms with E-state index in [4.69, 9.17) is 25.7 Å². The van der Waals surface area contributed by atoms with E-state index in [1.165, 1.54) is 29.4 Å². The number of anilines is 1. The first kappa shape index (κ1) is 26.0. The van der Waals surface area contributed by atoms with Gasteiger partial charge < -0.3 is 14.3 Å². The molecule has 0 spiro atoms. The van der Waals surface area contributed by atoms with Crippen LogP contribution in [-0.2, 0) is 10.2 Å². The number of hydrogen-bond donors (Lipinski definition) is 1. The smallest absolute Gasteiger partial charge is 0.296 e. The van der Waals surface area contributed by atoms with E-state index in [2.05, 4.69) is 31.8 Å². The van der Waals surface area contributed by atoms with Gasteiger partial charge in [-0.25, -0.2) is 4.98 Å². The van der Waals surface area contributed by atoms with E-state index in [9.17, 15) is 14.7 Å². The zero-order valence-electron chi connectivity index (χ0n) is 22.1. The predicted molar refractivity (Wildman–Crippen MR) is 155 cm³/mol. The summed E-state index contributed by atoms with van der Waals surface area (Å²) in [6.45, 7) is 6.37. The van der Waals surface area contributed by atoms with Gasteiger partial charge in [0.05, 0.1) is 28.9 Å². The summed E-state index contributed by atoms with van der Waals surface area (Å²) in [5, 5.41) is 12.4. The summed E-state index contributed by atoms with van der Waals surface area (Å²) in [6.07, 6.45) is 3.15. The summed E-state index contributed by atoms with van der Waals surface area (Å²) in [6, 6.07) is 13.2. The number of benzene rings is 2. The molecule has 0 bridgehead atoms. The number of rotatable bonds is 5. The number of pyridine rings is 1. The van der Waals surface area contributed by atoms with E-state index in [1.54, 1.807) is 36.7 Å². The van der Waals surface area contributed by atoms with Crippen LogP contribution in [0, 0.1) is 0 Å². The molecule has 0 aliphatic carbocycles. The van der Waals surface area contributed by atoms with Crippen molar-refractivity contribution in [2.75, 3.05) is 12.0 Å². The molecular weight excluding hydrogens is 550 g/mol. The molecule has 40 heavy (non-hydrogen) atoms. The Balaban J connectivity index is 1.48. The van der Waals surface area contributed by atoms with Crippen LogP contribution in [0.5, 0.6) is 5.75 Å². The van der Waals surface area contributed by atoms with Crippen molar-refractivity contribution in [3.05, 3.63) is 94.2 Å². The number of ether oxygens (including phenoxy) is 1. The van der Waals surface area contributed by atoms with Crippen LogP contribution in [0.1, 0.15) is 48.5 Å². The number of thiazole rings is 1. The third-order valence-corrected chi connectivity index (χ3v) is 8.13. The maximum atomic E-state index is 13.9. The number of methoxy groups -OCH3 is 1. The number of carbonyl (C=O) groups excluding carboxylic acids is 2. The largest absolute Gasteiger partial charge is 0.503 e. The maximum Gasteiger partial charge on any atom is 0.296 e. The topological polar surface area (TPSA) is 106 Å². The summed E-state index contributed by atoms with van der Waals surface area (Å²) in [4.78, 5) is 37.8. The average molecular weight is 574 g/mol. The van der Waals surface area contributed by atoms with E-state index >= 15 is 0 Å². The first-order valence-corrected chi connectivity index (χ1v) is 13.7. The standard InChI is InChI=1S/C30H24ClN3O5S/c1-30(2,3)17-7-8-19-22(12-17)40-29(33-19)34-24(15-6-5-9-32-14-15)23(26(36)28(34)37)25(35)20-11-16-10-18(31)13-21(38-4)27(16)39-20/h5-14,24,36H,1-4H3. The quantitative estimate of drug-likeness (QED) is 0.222. The minimum atomic E-state index is -0.977. The van der Waals surface area contributed by atoms with E-state index in [0.717, 1.165) is 10.3 Å². The van der Waals surface area contributed by atoms with Gasteiger partial charge in [0, 0.05) is 28.9 Å². The molecule has 1 amide bonds. The number of Topliss-reactive ketones (excluding diaryl/α,β-unsaturated/α-hetero) is 1. The van der Waals surface area contributed by atoms with Gasteiger partial charge in [0.2, 0.25) is 5.78 Å². The molecule has 2 aromatic carbocycles. The molecular formula is C30H24ClN3O5S. The normalized spacial score (nSPS) is 16.0. The van der Waals surface area contributed by atoms with Crippen LogP contribution >= 0.6 is 22.9 Å². The molecule has 202 valence electrons. The lowest BCUT2D eigenvalue weighted by atomic mass is 9.87. The monoisotopic (exact) mass is 573 g/mol. The molecule has 10 heteroatoms. The lowest BCUT2D eigenvalue weighted by molar-refractivity contribution is -0.117. The van der Waals surface area contributed by atoms with Crippen molar-refractivity contribution in [1.82, 2.24) is 9.97 Å². The van der Waals surface area contributed by atoms with Gasteiger partial charge in [-0.3, -0.25) is 19.5 Å². The summed E-state index contributed by atoms with van der Waals surface area (Å²) < 4.78 is 12.1. The van der Waals surface area contributed by atoms with E-state index in [1.807, 2.05) is 12.1 Å². The highest BCUT2D eigenvalue weighted by Gasteiger charge is 2.46. The summed E-state index contributed by atoms with van der Waals surface area (Å²) >= 11 is 7.52. The number of fused-ring (bicyclic) bond motifs is 2. The van der Waals surface area contributed by atoms with Gasteiger partial charge in [-0.1, -0.05) is 55.8 Å². The Morgan fingerprint density at radius 1 is 1.18 bits per heavy atom. The second-order valence-corrected chi connectivity index (χ2v) is 12.0. The lowest BCUT2D eigenvalue weighted by Crippen LogP contribution is -2.31. The van der Waals surface area contributed by atoms with Gasteiger partial charge in [-0.15, -0.1) is 0 Å². The minimum Gasteiger partial charge on any atom is -0.503 e. The van der Waals surface area contributed by atoms with Gasteiger partial charge in [-0.2, -0.15) is 0 Å². The van der Waals surface area contributed by atoms with Crippen molar-refractivity contribution in [2.24, 2.45) is 0 Å². The number of aliphatic hydroxyl groups excluding tert-OH is 1. The fraction of sp³-hybridized carbons (Fsp3) is 0.200. The number of ketones is 1. The van der Waals surface area contributed by atoms with Gasteiger partial charge in [-0.05, 0) is 46.9 Å². The minimum absolute atomic E-state index is 0.0697. The predicted octanol–water partition coefficient (Wildman–Crippen LogP) is 7.18. The van der Waals surface area contributed by atoms with Crippen molar-refractivity contribution < 1.29 is 23.8 Å². The van der Waals surface area contributed by atoms with Crippen LogP contribution in [0.2, 0.25) is 5.02 Å². The number of furan rings is 1. The van der Waals surface area contributed by atoms with Crippen molar-refractivity contribution in [3.63, 3.8) is 0 Å². The summed E-state index contributed by atoms with van der Waals surface area (Å²) in [7, 11) is 1.47. The molecule has 0 saturated carbocycles. The van der Waals surface area contributed by atoms with Gasteiger partial charge >= 0.3 is 0 Å². The Morgan fingerprint density at radius 3 is 2.67 bits per heavy atom. The van der Waals surface area contributed by atoms with Crippen molar-refractivity contribution in [2.45, 2.75) is 32.2 Å². The molecule has 0 fully saturated rings. The Hall–Kier alpha value is -4.21. The zero-order valence-corrected chi connectivity index (χ0v) is 23.6. The van der Waals surface area contributed by atoms with Gasteiger partial charge in [0.15, 0.2) is 28.0 Å². The highest BCUT2D eigenvalue weighted by atomic mass is 35.5. The molecule has 8 nitrogen and oxygen atoms in total. The highest BCUT2D eigenvalue weighted by Crippen LogP contribution is 2.45. The van der Waals surface area contributed by atoms with E-state index < -0.39 is 23.5 Å². The second kappa shape index (κ2) is 9.46. The molecule has 1 N–H and O–H groups in total. The molecule has 1 atom stereocenters. The molecule has 0 radical (unpaired) electrons. The number of carbonyl (C=O) groups is 2. The van der Waals surface area contributed by atoms with Crippen molar-refractivity contribution in [3.8, 4) is 5.75 Å². The number of aliphatic hydroxyl groups is 1. The molecule has 6 rings (SSSR count). The molecule has 5 aromatic rings. The molecule has 4 heterocycles. The molecule has 1 aliphatic heterocycles. The maximum absolute atomic E-state index is 13.9. The van der Waals surface area contributed by atoms with Crippen LogP contribution in [0.3, 0.4) is 0 Å². The summed E-state index contributed by atoms with van der Waals surface area (Å²) in [5.74, 6) is -1.76. The second-order valence-electron chi connectivity index (χ2n) is 10.5. The number of amides is 1. The number of nitrogens with zero attached hydrogens (tertiary/aromatic N) is 3. The van der Waals surface area contributed by atoms with Crippen LogP contribution < -0.4 is 9.64 Å². The van der Waals surface area contributed by atoms with Crippen molar-refractivity contribution >= 4 is 60.9 Å². The highest BCUT2D eigenvalue weighted by molar-refractivity contribution is 7.22. The first-order chi connectivity index (χ1) is 19.1. The Kier molecular flexibility index (Phi) is 6.16. The zero-order chi connectivity index (χ0) is 28.3. The number of aromatic nitrogens is 2. The van der Waals surface area contributed by atoms with Crippen molar-refractivity contribution in [1.29, 1.82) is 0 Å². The van der Waals surface area contributed by atoms with E-state index in [0.29, 0.717) is 38.0 Å². The molecule has 0 saturated heterocycles. The van der Waals surface area contributed by atoms with Crippen LogP contribution in [-0.4, -0.2) is 33.9 Å². The van der Waals surface area contributed by atoms with E-state index in [-0.39, 0.29) is 16.7 Å². The molecule has 3 aromatic heterocycles. The SMILES string of the molecule is COc1cc(Cl)cc2cc(C(=O)C3=C(O)C(=O)N(c4nc5ccc(C(C)(C)C)cc5s4)C3c3cccnc3)oc12. The number of halogens is 1. The van der Waals surface area contributed by atoms with Crippen LogP contribution in [0.15, 0.2) is 76.7 Å². The van der Waals surface area contributed by atoms with Crippen LogP contribution in [0.4, 0.5) is 5.13 Å². The Bertz CT molecular complexity index is 1850. The Morgan fingerprint density at radius 2 is 1.98 bits per heavy atom. The van der Waals surface area contributed by atoms with Gasteiger partial charge in [0.1, 0.15) is 0 Å². The average Bonchev–Trinajstić information content (AvgIpc) is 3.61. The third-order valence-electron chi connectivity index (χ3n) is 6.89. The third kappa shape index (κ3) is 4.22. The fourth-order valence-corrected chi connectivity index (χ4v) is 6.10. The first-order valence-electron chi connectivity index (χ1n) is 12.5. The van der Waals surface area contributed by atoms with Gasteiger partial charge in [0.25, 0.3) is 5.91 Å². The lowest BCUT2D eigenvalue weighted by Gasteiger charge is -2.23. The Labute approximate surface area is 238 Å². The summed E-state index contributed by atoms with van der Waals surface area (Å²) in [5.41, 5.74) is 2.51. The van der Waals surface area contributed by atoms with Crippen LogP contribution in [0.25, 0.3) is 21.2 Å². The fourth-order valence-electron chi connectivity index (χ4n) is 4.85. The molecule has 1 aliphatic rings.